The summed E-state index contributed by atoms with van der Waals surface area (Å²) in [6.45, 7) is 4.89. The lowest BCUT2D eigenvalue weighted by Gasteiger charge is -2.27. The number of likely N-dealkylation sites (tertiary alicyclic amines) is 1. The molecular weight excluding hydrogens is 498 g/mol. The highest BCUT2D eigenvalue weighted by Crippen LogP contribution is 2.37. The molecule has 1 aromatic heterocycles. The molecule has 5 rings (SSSR count). The van der Waals surface area contributed by atoms with Gasteiger partial charge in [-0.3, -0.25) is 15.6 Å². The molecule has 0 spiro atoms. The van der Waals surface area contributed by atoms with Crippen molar-refractivity contribution in [2.24, 2.45) is 5.73 Å². The quantitative estimate of drug-likeness (QED) is 0.304. The molecule has 2 aliphatic rings. The van der Waals surface area contributed by atoms with Gasteiger partial charge in [-0.05, 0) is 63.6 Å². The number of aromatic nitrogens is 1. The summed E-state index contributed by atoms with van der Waals surface area (Å²) in [5, 5.41) is 20.3. The van der Waals surface area contributed by atoms with E-state index in [2.05, 4.69) is 4.98 Å². The number of thiazole rings is 1. The van der Waals surface area contributed by atoms with E-state index in [1.54, 1.807) is 30.4 Å². The molecule has 1 unspecified atom stereocenters. The first kappa shape index (κ1) is 26.1. The van der Waals surface area contributed by atoms with Crippen molar-refractivity contribution in [1.82, 2.24) is 9.88 Å². The lowest BCUT2D eigenvalue weighted by molar-refractivity contribution is 0.0734. The van der Waals surface area contributed by atoms with Crippen LogP contribution in [0.15, 0.2) is 47.8 Å². The summed E-state index contributed by atoms with van der Waals surface area (Å²) in [5.41, 5.74) is 9.02. The molecule has 2 atom stereocenters. The van der Waals surface area contributed by atoms with E-state index < -0.39 is 5.54 Å². The normalized spacial score (nSPS) is 18.3. The number of carbonyl (C=O) groups excluding carboxylic acids is 1. The molecule has 2 aliphatic heterocycles. The second-order valence-corrected chi connectivity index (χ2v) is 11.2. The minimum Gasteiger partial charge on any atom is -0.493 e. The van der Waals surface area contributed by atoms with Crippen LogP contribution in [-0.2, 0) is 17.6 Å². The van der Waals surface area contributed by atoms with Crippen molar-refractivity contribution < 1.29 is 14.3 Å². The molecule has 38 heavy (non-hydrogen) atoms. The van der Waals surface area contributed by atoms with Crippen LogP contribution in [0.5, 0.6) is 5.75 Å². The third-order valence-corrected chi connectivity index (χ3v) is 8.17. The zero-order valence-corrected chi connectivity index (χ0v) is 22.6. The number of fused-ring (bicyclic) bond motifs is 1. The molecule has 198 valence electrons. The second kappa shape index (κ2) is 10.7. The highest BCUT2D eigenvalue weighted by Gasteiger charge is 2.34. The van der Waals surface area contributed by atoms with Crippen LogP contribution < -0.4 is 10.5 Å². The maximum absolute atomic E-state index is 13.8. The van der Waals surface area contributed by atoms with Gasteiger partial charge < -0.3 is 20.1 Å². The summed E-state index contributed by atoms with van der Waals surface area (Å²) in [6, 6.07) is 13.1. The smallest absolute Gasteiger partial charge is 0.254 e. The highest BCUT2D eigenvalue weighted by atomic mass is 32.1. The van der Waals surface area contributed by atoms with Crippen molar-refractivity contribution >= 4 is 29.0 Å². The number of nitrogens with zero attached hydrogens (tertiary/aromatic N) is 2. The number of nitrogens with two attached hydrogens (primary N) is 1. The van der Waals surface area contributed by atoms with Crippen molar-refractivity contribution in [1.29, 1.82) is 10.8 Å². The van der Waals surface area contributed by atoms with Gasteiger partial charge in [0.15, 0.2) is 0 Å². The number of hydrogen-bond donors (Lipinski definition) is 3. The average Bonchev–Trinajstić information content (AvgIpc) is 3.57. The van der Waals surface area contributed by atoms with E-state index in [1.165, 1.54) is 0 Å². The minimum atomic E-state index is -1.10. The maximum Gasteiger partial charge on any atom is 0.254 e. The van der Waals surface area contributed by atoms with Crippen molar-refractivity contribution in [3.05, 3.63) is 80.8 Å². The zero-order valence-electron chi connectivity index (χ0n) is 21.8. The second-order valence-electron chi connectivity index (χ2n) is 10.3. The summed E-state index contributed by atoms with van der Waals surface area (Å²) in [6.07, 6.45) is 3.69. The van der Waals surface area contributed by atoms with Crippen LogP contribution in [0.3, 0.4) is 0 Å². The number of hydrogen-bond acceptors (Lipinski definition) is 8. The summed E-state index contributed by atoms with van der Waals surface area (Å²) >= 11 is 1.58. The van der Waals surface area contributed by atoms with Gasteiger partial charge in [-0.25, -0.2) is 4.98 Å². The SMILES string of the molecule is Cc1csc([C@H]2CCCN2C(=O)c2cc3c(c(C(=N)OC(=N)C(C)(N)Cc4ccccc4)c2)CCCO3)n1. The molecule has 3 heterocycles. The molecular formula is C29H33N5O3S. The van der Waals surface area contributed by atoms with E-state index in [4.69, 9.17) is 26.0 Å². The van der Waals surface area contributed by atoms with Crippen LogP contribution in [0.2, 0.25) is 0 Å². The van der Waals surface area contributed by atoms with Crippen LogP contribution in [0.25, 0.3) is 0 Å². The van der Waals surface area contributed by atoms with Crippen molar-refractivity contribution in [3.63, 3.8) is 0 Å². The Labute approximate surface area is 226 Å². The van der Waals surface area contributed by atoms with Crippen LogP contribution in [0.1, 0.15) is 70.0 Å². The Balaban J connectivity index is 1.40. The van der Waals surface area contributed by atoms with E-state index in [9.17, 15) is 4.79 Å². The van der Waals surface area contributed by atoms with E-state index in [1.807, 2.05) is 47.5 Å². The van der Waals surface area contributed by atoms with E-state index >= 15 is 0 Å². The number of carbonyl (C=O) groups is 1. The van der Waals surface area contributed by atoms with E-state index in [0.29, 0.717) is 42.9 Å². The first-order chi connectivity index (χ1) is 18.2. The van der Waals surface area contributed by atoms with E-state index in [0.717, 1.165) is 41.1 Å². The zero-order chi connectivity index (χ0) is 26.9. The maximum atomic E-state index is 13.8. The minimum absolute atomic E-state index is 0.0542. The number of benzene rings is 2. The number of rotatable bonds is 6. The molecule has 0 aliphatic carbocycles. The van der Waals surface area contributed by atoms with Crippen molar-refractivity contribution in [2.75, 3.05) is 13.2 Å². The number of nitrogens with one attached hydrogen (secondary N) is 2. The summed E-state index contributed by atoms with van der Waals surface area (Å²) in [5.74, 6) is 0.0729. The predicted molar refractivity (Wildman–Crippen MR) is 148 cm³/mol. The Morgan fingerprint density at radius 2 is 2.05 bits per heavy atom. The summed E-state index contributed by atoms with van der Waals surface area (Å²) in [7, 11) is 0. The van der Waals surface area contributed by atoms with Crippen LogP contribution >= 0.6 is 11.3 Å². The van der Waals surface area contributed by atoms with Gasteiger partial charge in [-0.1, -0.05) is 30.3 Å². The molecule has 0 radical (unpaired) electrons. The monoisotopic (exact) mass is 531 g/mol. The number of amides is 1. The van der Waals surface area contributed by atoms with Gasteiger partial charge in [0.2, 0.25) is 11.8 Å². The fourth-order valence-corrected chi connectivity index (χ4v) is 6.06. The van der Waals surface area contributed by atoms with E-state index in [-0.39, 0.29) is 23.7 Å². The van der Waals surface area contributed by atoms with Gasteiger partial charge in [0.25, 0.3) is 5.91 Å². The summed E-state index contributed by atoms with van der Waals surface area (Å²) in [4.78, 5) is 20.3. The fourth-order valence-electron chi connectivity index (χ4n) is 5.12. The molecule has 4 N–H and O–H groups in total. The lowest BCUT2D eigenvalue weighted by Crippen LogP contribution is -2.48. The third-order valence-electron chi connectivity index (χ3n) is 7.10. The standard InChI is InChI=1S/C29H33N5O3S/c1-18-17-38-26(33-18)23-11-6-12-34(23)27(35)20-14-22(21-10-7-13-36-24(21)15-20)25(30)37-28(31)29(2,32)16-19-8-4-3-5-9-19/h3-5,8-9,14-15,17,23,30-31H,6-7,10-13,16,32H2,1-2H3/t23-,29?/m1/s1. The van der Waals surface area contributed by atoms with Gasteiger partial charge in [-0.2, -0.15) is 0 Å². The lowest BCUT2D eigenvalue weighted by atomic mass is 9.93. The molecule has 2 aromatic carbocycles. The molecule has 1 saturated heterocycles. The first-order valence-corrected chi connectivity index (χ1v) is 13.8. The first-order valence-electron chi connectivity index (χ1n) is 12.9. The average molecular weight is 532 g/mol. The van der Waals surface area contributed by atoms with Crippen molar-refractivity contribution in [2.45, 2.75) is 57.5 Å². The van der Waals surface area contributed by atoms with Gasteiger partial charge in [0.1, 0.15) is 10.8 Å². The molecule has 3 aromatic rings. The topological polar surface area (TPSA) is 125 Å². The Kier molecular flexibility index (Phi) is 7.32. The van der Waals surface area contributed by atoms with Gasteiger partial charge in [0.05, 0.1) is 18.2 Å². The molecule has 0 saturated carbocycles. The molecule has 9 heteroatoms. The Bertz CT molecular complexity index is 1370. The molecule has 1 fully saturated rings. The van der Waals surface area contributed by atoms with Gasteiger partial charge in [-0.15, -0.1) is 11.3 Å². The Morgan fingerprint density at radius 1 is 1.26 bits per heavy atom. The predicted octanol–water partition coefficient (Wildman–Crippen LogP) is 5.03. The van der Waals surface area contributed by atoms with Crippen LogP contribution in [0.4, 0.5) is 0 Å². The Hall–Kier alpha value is -3.56. The van der Waals surface area contributed by atoms with Crippen LogP contribution in [-0.4, -0.2) is 46.3 Å². The highest BCUT2D eigenvalue weighted by molar-refractivity contribution is 7.09. The van der Waals surface area contributed by atoms with Crippen molar-refractivity contribution in [3.8, 4) is 5.75 Å². The number of ether oxygens (including phenoxy) is 2. The van der Waals surface area contributed by atoms with Gasteiger partial charge >= 0.3 is 0 Å². The molecule has 0 bridgehead atoms. The third kappa shape index (κ3) is 5.35. The van der Waals surface area contributed by atoms with Crippen LogP contribution in [0, 0.1) is 17.7 Å². The molecule has 1 amide bonds. The number of aryl methyl sites for hydroxylation is 1. The Morgan fingerprint density at radius 3 is 2.79 bits per heavy atom. The molecule has 8 nitrogen and oxygen atoms in total. The summed E-state index contributed by atoms with van der Waals surface area (Å²) < 4.78 is 11.7. The largest absolute Gasteiger partial charge is 0.493 e. The fraction of sp³-hybridized carbons (Fsp3) is 0.379. The van der Waals surface area contributed by atoms with Gasteiger partial charge in [0, 0.05) is 34.3 Å².